The summed E-state index contributed by atoms with van der Waals surface area (Å²) < 4.78 is 13.1. The Morgan fingerprint density at radius 2 is 1.90 bits per heavy atom. The van der Waals surface area contributed by atoms with Gasteiger partial charge in [-0.3, -0.25) is 0 Å². The zero-order valence-corrected chi connectivity index (χ0v) is 12.1. The number of aromatic nitrogens is 1. The number of hydrogen-bond acceptors (Lipinski definition) is 3. The fraction of sp³-hybridized carbons (Fsp3) is 0.353. The molecule has 0 radical (unpaired) electrons. The van der Waals surface area contributed by atoms with Crippen LogP contribution in [0.15, 0.2) is 36.4 Å². The fourth-order valence-corrected chi connectivity index (χ4v) is 2.81. The van der Waals surface area contributed by atoms with E-state index in [4.69, 9.17) is 10.7 Å². The minimum absolute atomic E-state index is 0.223. The van der Waals surface area contributed by atoms with E-state index in [1.807, 2.05) is 0 Å². The van der Waals surface area contributed by atoms with Crippen LogP contribution in [-0.4, -0.2) is 18.1 Å². The molecule has 0 saturated heterocycles. The van der Waals surface area contributed by atoms with E-state index in [-0.39, 0.29) is 5.82 Å². The summed E-state index contributed by atoms with van der Waals surface area (Å²) in [5.74, 6) is 0.704. The normalized spacial score (nSPS) is 13.2. The van der Waals surface area contributed by atoms with Crippen LogP contribution in [0.5, 0.6) is 0 Å². The Labute approximate surface area is 124 Å². The third-order valence-corrected chi connectivity index (χ3v) is 3.91. The van der Waals surface area contributed by atoms with Gasteiger partial charge in [0.1, 0.15) is 11.6 Å². The third-order valence-electron chi connectivity index (χ3n) is 3.91. The number of anilines is 2. The van der Waals surface area contributed by atoms with Crippen molar-refractivity contribution in [2.24, 2.45) is 5.73 Å². The fourth-order valence-electron chi connectivity index (χ4n) is 2.81. The Morgan fingerprint density at radius 1 is 1.10 bits per heavy atom. The molecule has 2 N–H and O–H groups in total. The summed E-state index contributed by atoms with van der Waals surface area (Å²) in [5, 5.41) is 0. The summed E-state index contributed by atoms with van der Waals surface area (Å²) >= 11 is 0. The molecule has 4 heteroatoms. The molecule has 0 fully saturated rings. The van der Waals surface area contributed by atoms with Crippen molar-refractivity contribution < 1.29 is 4.39 Å². The zero-order chi connectivity index (χ0) is 14.7. The van der Waals surface area contributed by atoms with Crippen LogP contribution in [0, 0.1) is 5.82 Å². The van der Waals surface area contributed by atoms with Gasteiger partial charge >= 0.3 is 0 Å². The number of nitrogens with zero attached hydrogens (tertiary/aromatic N) is 2. The first-order valence-corrected chi connectivity index (χ1v) is 7.50. The summed E-state index contributed by atoms with van der Waals surface area (Å²) in [6, 6.07) is 10.8. The molecule has 1 aliphatic carbocycles. The van der Waals surface area contributed by atoms with E-state index in [0.29, 0.717) is 6.54 Å². The van der Waals surface area contributed by atoms with E-state index in [9.17, 15) is 4.39 Å². The topological polar surface area (TPSA) is 42.1 Å². The van der Waals surface area contributed by atoms with E-state index in [1.54, 1.807) is 12.1 Å². The smallest absolute Gasteiger partial charge is 0.133 e. The van der Waals surface area contributed by atoms with E-state index in [1.165, 1.54) is 29.8 Å². The van der Waals surface area contributed by atoms with Crippen molar-refractivity contribution in [3.05, 3.63) is 53.5 Å². The monoisotopic (exact) mass is 285 g/mol. The largest absolute Gasteiger partial charge is 0.330 e. The number of pyridine rings is 1. The van der Waals surface area contributed by atoms with Crippen molar-refractivity contribution in [2.75, 3.05) is 18.0 Å². The summed E-state index contributed by atoms with van der Waals surface area (Å²) in [7, 11) is 0. The van der Waals surface area contributed by atoms with Crippen molar-refractivity contribution in [1.29, 1.82) is 0 Å². The predicted octanol–water partition coefficient (Wildman–Crippen LogP) is 3.20. The lowest BCUT2D eigenvalue weighted by atomic mass is 10.2. The van der Waals surface area contributed by atoms with Gasteiger partial charge in [-0.1, -0.05) is 6.07 Å². The summed E-state index contributed by atoms with van der Waals surface area (Å²) in [6.45, 7) is 1.41. The highest BCUT2D eigenvalue weighted by Crippen LogP contribution is 2.28. The molecule has 1 aliphatic rings. The molecule has 0 saturated carbocycles. The van der Waals surface area contributed by atoms with Crippen molar-refractivity contribution >= 4 is 11.5 Å². The van der Waals surface area contributed by atoms with Crippen LogP contribution in [0.3, 0.4) is 0 Å². The second-order valence-corrected chi connectivity index (χ2v) is 5.40. The van der Waals surface area contributed by atoms with Crippen LogP contribution < -0.4 is 10.6 Å². The number of fused-ring (bicyclic) bond motifs is 1. The number of benzene rings is 1. The number of hydrogen-bond donors (Lipinski definition) is 1. The van der Waals surface area contributed by atoms with E-state index in [0.717, 1.165) is 37.3 Å². The van der Waals surface area contributed by atoms with Crippen LogP contribution in [0.4, 0.5) is 15.9 Å². The van der Waals surface area contributed by atoms with Gasteiger partial charge in [-0.2, -0.15) is 0 Å². The molecule has 21 heavy (non-hydrogen) atoms. The predicted molar refractivity (Wildman–Crippen MR) is 83.3 cm³/mol. The van der Waals surface area contributed by atoms with Crippen molar-refractivity contribution in [2.45, 2.75) is 25.7 Å². The molecule has 1 aromatic carbocycles. The summed E-state index contributed by atoms with van der Waals surface area (Å²) in [5.41, 5.74) is 9.15. The molecule has 1 aromatic heterocycles. The summed E-state index contributed by atoms with van der Waals surface area (Å²) in [6.07, 6.45) is 4.24. The van der Waals surface area contributed by atoms with Crippen LogP contribution in [0.2, 0.25) is 0 Å². The first-order chi connectivity index (χ1) is 10.3. The lowest BCUT2D eigenvalue weighted by molar-refractivity contribution is 0.627. The average Bonchev–Trinajstić information content (AvgIpc) is 2.97. The molecular formula is C17H20FN3. The zero-order valence-electron chi connectivity index (χ0n) is 12.1. The molecule has 0 amide bonds. The maximum Gasteiger partial charge on any atom is 0.133 e. The van der Waals surface area contributed by atoms with Crippen molar-refractivity contribution in [3.63, 3.8) is 0 Å². The highest BCUT2D eigenvalue weighted by atomic mass is 19.1. The Hall–Kier alpha value is -1.94. The average molecular weight is 285 g/mol. The maximum atomic E-state index is 13.1. The van der Waals surface area contributed by atoms with Gasteiger partial charge in [0.15, 0.2) is 0 Å². The Morgan fingerprint density at radius 3 is 2.67 bits per heavy atom. The van der Waals surface area contributed by atoms with Gasteiger partial charge in [0.05, 0.1) is 0 Å². The van der Waals surface area contributed by atoms with Gasteiger partial charge in [0.2, 0.25) is 0 Å². The van der Waals surface area contributed by atoms with Crippen LogP contribution in [-0.2, 0) is 12.8 Å². The standard InChI is InChI=1S/C17H20FN3/c18-14-6-8-15(9-7-14)21(12-2-11-19)17-10-5-13-3-1-4-16(13)20-17/h5-10H,1-4,11-12,19H2. The number of nitrogens with two attached hydrogens (primary N) is 1. The molecule has 3 rings (SSSR count). The second-order valence-electron chi connectivity index (χ2n) is 5.40. The van der Waals surface area contributed by atoms with Gasteiger partial charge in [0, 0.05) is 17.9 Å². The highest BCUT2D eigenvalue weighted by molar-refractivity contribution is 5.60. The first-order valence-electron chi connectivity index (χ1n) is 7.50. The van der Waals surface area contributed by atoms with E-state index < -0.39 is 0 Å². The molecule has 1 heterocycles. The molecule has 110 valence electrons. The lowest BCUT2D eigenvalue weighted by Gasteiger charge is -2.24. The van der Waals surface area contributed by atoms with E-state index in [2.05, 4.69) is 17.0 Å². The molecule has 0 aliphatic heterocycles. The van der Waals surface area contributed by atoms with Crippen LogP contribution in [0.1, 0.15) is 24.1 Å². The number of halogens is 1. The quantitative estimate of drug-likeness (QED) is 0.917. The molecule has 0 atom stereocenters. The van der Waals surface area contributed by atoms with Crippen LogP contribution in [0.25, 0.3) is 0 Å². The van der Waals surface area contributed by atoms with Crippen molar-refractivity contribution in [3.8, 4) is 0 Å². The molecule has 0 spiro atoms. The van der Waals surface area contributed by atoms with Gasteiger partial charge in [0.25, 0.3) is 0 Å². The van der Waals surface area contributed by atoms with Gasteiger partial charge < -0.3 is 10.6 Å². The number of aryl methyl sites for hydroxylation is 2. The Kier molecular flexibility index (Phi) is 4.15. The van der Waals surface area contributed by atoms with E-state index >= 15 is 0 Å². The Bertz CT molecular complexity index is 610. The molecule has 0 bridgehead atoms. The Balaban J connectivity index is 1.93. The molecule has 3 nitrogen and oxygen atoms in total. The van der Waals surface area contributed by atoms with Gasteiger partial charge in [-0.25, -0.2) is 9.37 Å². The molecular weight excluding hydrogens is 265 g/mol. The molecule has 2 aromatic rings. The lowest BCUT2D eigenvalue weighted by Crippen LogP contribution is -2.22. The molecule has 0 unspecified atom stereocenters. The third kappa shape index (κ3) is 3.05. The van der Waals surface area contributed by atoms with Crippen LogP contribution >= 0.6 is 0 Å². The van der Waals surface area contributed by atoms with Crippen molar-refractivity contribution in [1.82, 2.24) is 4.98 Å². The summed E-state index contributed by atoms with van der Waals surface area (Å²) in [4.78, 5) is 6.91. The second kappa shape index (κ2) is 6.22. The number of rotatable bonds is 5. The minimum Gasteiger partial charge on any atom is -0.330 e. The van der Waals surface area contributed by atoms with Gasteiger partial charge in [-0.15, -0.1) is 0 Å². The van der Waals surface area contributed by atoms with Gasteiger partial charge in [-0.05, 0) is 68.1 Å². The highest BCUT2D eigenvalue weighted by Gasteiger charge is 2.16. The maximum absolute atomic E-state index is 13.1. The minimum atomic E-state index is -0.223. The SMILES string of the molecule is NCCCN(c1ccc(F)cc1)c1ccc2c(n1)CCC2. The first kappa shape index (κ1) is 14.0.